The lowest BCUT2D eigenvalue weighted by molar-refractivity contribution is -0.465. The average molecular weight is 155 g/mol. The fourth-order valence-corrected chi connectivity index (χ4v) is 0.632. The van der Waals surface area contributed by atoms with Crippen molar-refractivity contribution < 1.29 is 14.1 Å². The van der Waals surface area contributed by atoms with Crippen LogP contribution in [0.3, 0.4) is 0 Å². The lowest BCUT2D eigenvalue weighted by atomic mass is 10.2. The standard InChI is InChI=1S/C6H5NO4/c8-6(3-7(9)10)5-1-2-11-4-5/h1-2,4H,3H2. The Morgan fingerprint density at radius 3 is 2.91 bits per heavy atom. The molecule has 5 nitrogen and oxygen atoms in total. The molecule has 0 saturated heterocycles. The van der Waals surface area contributed by atoms with E-state index in [0.717, 1.165) is 0 Å². The molecule has 0 saturated carbocycles. The van der Waals surface area contributed by atoms with Crippen molar-refractivity contribution in [2.24, 2.45) is 0 Å². The fourth-order valence-electron chi connectivity index (χ4n) is 0.632. The molecule has 1 rings (SSSR count). The largest absolute Gasteiger partial charge is 0.472 e. The van der Waals surface area contributed by atoms with E-state index in [9.17, 15) is 14.9 Å². The number of hydrogen-bond acceptors (Lipinski definition) is 4. The third kappa shape index (κ3) is 1.89. The highest BCUT2D eigenvalue weighted by Crippen LogP contribution is 2.00. The van der Waals surface area contributed by atoms with Gasteiger partial charge in [0, 0.05) is 4.92 Å². The number of nitrogens with zero attached hydrogens (tertiary/aromatic N) is 1. The molecule has 0 spiro atoms. The summed E-state index contributed by atoms with van der Waals surface area (Å²) in [5, 5.41) is 9.86. The minimum Gasteiger partial charge on any atom is -0.472 e. The van der Waals surface area contributed by atoms with Crippen LogP contribution in [-0.2, 0) is 0 Å². The SMILES string of the molecule is O=C(C[N+](=O)[O-])c1ccoc1. The first-order valence-electron chi connectivity index (χ1n) is 2.87. The molecule has 1 aromatic heterocycles. The molecule has 5 heteroatoms. The molecule has 1 heterocycles. The Morgan fingerprint density at radius 1 is 1.73 bits per heavy atom. The summed E-state index contributed by atoms with van der Waals surface area (Å²) in [6.45, 7) is -0.681. The van der Waals surface area contributed by atoms with E-state index in [0.29, 0.717) is 0 Å². The first-order chi connectivity index (χ1) is 5.20. The highest BCUT2D eigenvalue weighted by atomic mass is 16.6. The number of hydrogen-bond donors (Lipinski definition) is 0. The first-order valence-corrected chi connectivity index (χ1v) is 2.87. The smallest absolute Gasteiger partial charge is 0.265 e. The van der Waals surface area contributed by atoms with Crippen molar-refractivity contribution in [2.75, 3.05) is 6.54 Å². The number of rotatable bonds is 3. The Morgan fingerprint density at radius 2 is 2.45 bits per heavy atom. The zero-order chi connectivity index (χ0) is 8.27. The van der Waals surface area contributed by atoms with Crippen molar-refractivity contribution in [3.8, 4) is 0 Å². The topological polar surface area (TPSA) is 73.3 Å². The highest BCUT2D eigenvalue weighted by molar-refractivity contribution is 5.96. The predicted molar refractivity (Wildman–Crippen MR) is 34.9 cm³/mol. The summed E-state index contributed by atoms with van der Waals surface area (Å²) in [6.07, 6.45) is 2.49. The summed E-state index contributed by atoms with van der Waals surface area (Å²) < 4.78 is 4.57. The minimum absolute atomic E-state index is 0.238. The second-order valence-electron chi connectivity index (χ2n) is 1.93. The van der Waals surface area contributed by atoms with E-state index in [1.54, 1.807) is 0 Å². The number of nitro groups is 1. The van der Waals surface area contributed by atoms with E-state index in [4.69, 9.17) is 0 Å². The van der Waals surface area contributed by atoms with Gasteiger partial charge >= 0.3 is 0 Å². The molecule has 0 unspecified atom stereocenters. The van der Waals surface area contributed by atoms with Crippen molar-refractivity contribution >= 4 is 5.78 Å². The number of carbonyl (C=O) groups excluding carboxylic acids is 1. The number of Topliss-reactive ketones (excluding diaryl/α,β-unsaturated/α-hetero) is 1. The summed E-state index contributed by atoms with van der Waals surface area (Å²) in [5.74, 6) is -0.538. The zero-order valence-corrected chi connectivity index (χ0v) is 5.52. The van der Waals surface area contributed by atoms with Crippen LogP contribution in [0.25, 0.3) is 0 Å². The van der Waals surface area contributed by atoms with Crippen molar-refractivity contribution in [3.63, 3.8) is 0 Å². The van der Waals surface area contributed by atoms with Crippen LogP contribution in [0.2, 0.25) is 0 Å². The number of carbonyl (C=O) groups is 1. The molecule has 0 aliphatic heterocycles. The highest BCUT2D eigenvalue weighted by Gasteiger charge is 2.12. The first kappa shape index (κ1) is 7.46. The molecule has 0 amide bonds. The summed E-state index contributed by atoms with van der Waals surface area (Å²) in [6, 6.07) is 1.39. The Kier molecular flexibility index (Phi) is 2.00. The molecule has 11 heavy (non-hydrogen) atoms. The van der Waals surface area contributed by atoms with E-state index in [-0.39, 0.29) is 5.56 Å². The van der Waals surface area contributed by atoms with Gasteiger partial charge in [0.05, 0.1) is 11.8 Å². The predicted octanol–water partition coefficient (Wildman–Crippen LogP) is 0.739. The molecule has 0 radical (unpaired) electrons. The van der Waals surface area contributed by atoms with Gasteiger partial charge < -0.3 is 4.42 Å². The lowest BCUT2D eigenvalue weighted by Crippen LogP contribution is -2.12. The van der Waals surface area contributed by atoms with E-state index < -0.39 is 17.3 Å². The molecule has 1 aromatic rings. The van der Waals surface area contributed by atoms with Gasteiger partial charge in [0.1, 0.15) is 6.26 Å². The maximum atomic E-state index is 10.8. The maximum Gasteiger partial charge on any atom is 0.265 e. The molecule has 58 valence electrons. The molecule has 0 aliphatic carbocycles. The van der Waals surface area contributed by atoms with Gasteiger partial charge in [-0.15, -0.1) is 0 Å². The molecule has 0 fully saturated rings. The quantitative estimate of drug-likeness (QED) is 0.366. The Bertz CT molecular complexity index is 264. The Hall–Kier alpha value is -1.65. The second kappa shape index (κ2) is 2.96. The van der Waals surface area contributed by atoms with Gasteiger partial charge in [-0.1, -0.05) is 0 Å². The normalized spacial score (nSPS) is 9.45. The van der Waals surface area contributed by atoms with Crippen molar-refractivity contribution in [1.29, 1.82) is 0 Å². The van der Waals surface area contributed by atoms with Crippen LogP contribution in [0.4, 0.5) is 0 Å². The zero-order valence-electron chi connectivity index (χ0n) is 5.52. The van der Waals surface area contributed by atoms with Crippen LogP contribution < -0.4 is 0 Å². The molecule has 0 aromatic carbocycles. The minimum atomic E-state index is -0.681. The van der Waals surface area contributed by atoms with Crippen molar-refractivity contribution in [2.45, 2.75) is 0 Å². The molecule has 0 bridgehead atoms. The van der Waals surface area contributed by atoms with Gasteiger partial charge in [0.25, 0.3) is 6.54 Å². The summed E-state index contributed by atoms with van der Waals surface area (Å²) in [7, 11) is 0. The maximum absolute atomic E-state index is 10.8. The lowest BCUT2D eigenvalue weighted by Gasteiger charge is -1.87. The van der Waals surface area contributed by atoms with Crippen molar-refractivity contribution in [3.05, 3.63) is 34.3 Å². The van der Waals surface area contributed by atoms with E-state index in [1.807, 2.05) is 0 Å². The summed E-state index contributed by atoms with van der Waals surface area (Å²) >= 11 is 0. The number of furan rings is 1. The van der Waals surface area contributed by atoms with Crippen LogP contribution in [0.5, 0.6) is 0 Å². The Labute approximate surface area is 61.8 Å². The van der Waals surface area contributed by atoms with E-state index in [2.05, 4.69) is 4.42 Å². The average Bonchev–Trinajstić information content (AvgIpc) is 2.35. The second-order valence-corrected chi connectivity index (χ2v) is 1.93. The van der Waals surface area contributed by atoms with Crippen molar-refractivity contribution in [1.82, 2.24) is 0 Å². The van der Waals surface area contributed by atoms with Gasteiger partial charge in [-0.05, 0) is 6.07 Å². The fraction of sp³-hybridized carbons (Fsp3) is 0.167. The van der Waals surface area contributed by atoms with E-state index in [1.165, 1.54) is 18.6 Å². The molecule has 0 N–H and O–H groups in total. The third-order valence-electron chi connectivity index (χ3n) is 1.12. The third-order valence-corrected chi connectivity index (χ3v) is 1.12. The summed E-state index contributed by atoms with van der Waals surface area (Å²) in [4.78, 5) is 20.0. The van der Waals surface area contributed by atoms with Gasteiger partial charge in [-0.25, -0.2) is 0 Å². The molecular formula is C6H5NO4. The van der Waals surface area contributed by atoms with Gasteiger partial charge in [0.15, 0.2) is 0 Å². The van der Waals surface area contributed by atoms with Crippen LogP contribution in [0.15, 0.2) is 23.0 Å². The van der Waals surface area contributed by atoms with E-state index >= 15 is 0 Å². The molecular weight excluding hydrogens is 150 g/mol. The van der Waals surface area contributed by atoms with Crippen LogP contribution >= 0.6 is 0 Å². The Balaban J connectivity index is 2.64. The monoisotopic (exact) mass is 155 g/mol. The van der Waals surface area contributed by atoms with Gasteiger partial charge in [-0.2, -0.15) is 0 Å². The molecule has 0 aliphatic rings. The van der Waals surface area contributed by atoms with Gasteiger partial charge in [0.2, 0.25) is 5.78 Å². The van der Waals surface area contributed by atoms with Crippen LogP contribution in [0, 0.1) is 10.1 Å². The van der Waals surface area contributed by atoms with Gasteiger partial charge in [-0.3, -0.25) is 14.9 Å². The molecule has 0 atom stereocenters. The van der Waals surface area contributed by atoms with Crippen LogP contribution in [-0.4, -0.2) is 17.3 Å². The number of ketones is 1. The summed E-state index contributed by atoms with van der Waals surface area (Å²) in [5.41, 5.74) is 0.238. The van der Waals surface area contributed by atoms with Crippen LogP contribution in [0.1, 0.15) is 10.4 Å².